The van der Waals surface area contributed by atoms with Gasteiger partial charge in [-0.15, -0.1) is 0 Å². The van der Waals surface area contributed by atoms with Crippen molar-refractivity contribution in [1.29, 1.82) is 0 Å². The fourth-order valence-corrected chi connectivity index (χ4v) is 11.0. The van der Waals surface area contributed by atoms with E-state index in [0.717, 1.165) is 57.8 Å². The zero-order valence-electron chi connectivity index (χ0n) is 42.1. The molecule has 6 heteroatoms. The van der Waals surface area contributed by atoms with E-state index in [2.05, 4.69) is 200 Å². The molecule has 6 nitrogen and oxygen atoms in total. The average Bonchev–Trinajstić information content (AvgIpc) is 3.42. The minimum atomic E-state index is -0.712. The number of allylic oxidation sites excluding steroid dienone is 3. The second-order valence-electron chi connectivity index (χ2n) is 19.7. The summed E-state index contributed by atoms with van der Waals surface area (Å²) in [5, 5.41) is 49.5. The SMILES string of the molecule is O=C(O)CCCC/C=C/c1ccc2ccc3cccc4ccc1c2c34.O=C(O)CCCC/C=C/c1ccc2ccc3cccc4ccc1c2c34.O=C(O)CCCC/C=C/c1ccc2ccc3cccc4ccc1c2c34. The van der Waals surface area contributed by atoms with Crippen molar-refractivity contribution in [2.45, 2.75) is 77.0 Å². The Kier molecular flexibility index (Phi) is 15.4. The van der Waals surface area contributed by atoms with Gasteiger partial charge in [-0.1, -0.05) is 200 Å². The Morgan fingerprint density at radius 2 is 0.507 bits per heavy atom. The van der Waals surface area contributed by atoms with Crippen LogP contribution in [-0.4, -0.2) is 33.2 Å². The fraction of sp³-hybridized carbons (Fsp3) is 0.174. The monoisotopic (exact) mass is 984 g/mol. The van der Waals surface area contributed by atoms with Crippen LogP contribution in [-0.2, 0) is 14.4 Å². The molecule has 0 atom stereocenters. The van der Waals surface area contributed by atoms with Gasteiger partial charge < -0.3 is 15.3 Å². The number of unbranched alkanes of at least 4 members (excludes halogenated alkanes) is 6. The maximum absolute atomic E-state index is 10.5. The summed E-state index contributed by atoms with van der Waals surface area (Å²) in [6, 6.07) is 58.9. The Labute approximate surface area is 436 Å². The molecular weight excluding hydrogens is 925 g/mol. The average molecular weight is 985 g/mol. The molecule has 3 N–H and O–H groups in total. The molecule has 0 unspecified atom stereocenters. The summed E-state index contributed by atoms with van der Waals surface area (Å²) in [6.45, 7) is 0. The molecule has 12 aromatic carbocycles. The molecule has 12 rings (SSSR count). The van der Waals surface area contributed by atoms with Gasteiger partial charge in [0.15, 0.2) is 0 Å². The number of benzene rings is 12. The van der Waals surface area contributed by atoms with Crippen LogP contribution < -0.4 is 0 Å². The number of hydrogen-bond acceptors (Lipinski definition) is 3. The molecule has 0 heterocycles. The first-order valence-corrected chi connectivity index (χ1v) is 26.4. The Hall–Kier alpha value is -8.61. The number of carbonyl (C=O) groups is 3. The third-order valence-corrected chi connectivity index (χ3v) is 14.6. The Morgan fingerprint density at radius 3 is 0.760 bits per heavy atom. The van der Waals surface area contributed by atoms with E-state index in [1.54, 1.807) is 0 Å². The van der Waals surface area contributed by atoms with Crippen LogP contribution >= 0.6 is 0 Å². The van der Waals surface area contributed by atoms with Crippen LogP contribution in [0, 0.1) is 0 Å². The normalized spacial score (nSPS) is 12.0. The second-order valence-corrected chi connectivity index (χ2v) is 19.7. The second kappa shape index (κ2) is 23.1. The van der Waals surface area contributed by atoms with E-state index in [1.165, 1.54) is 114 Å². The Morgan fingerprint density at radius 1 is 0.280 bits per heavy atom. The third kappa shape index (κ3) is 11.2. The summed E-state index contributed by atoms with van der Waals surface area (Å²) in [5.74, 6) is -2.14. The molecule has 12 aromatic rings. The minimum Gasteiger partial charge on any atom is -0.481 e. The lowest BCUT2D eigenvalue weighted by atomic mass is 9.92. The quantitative estimate of drug-likeness (QED) is 0.0583. The first-order valence-electron chi connectivity index (χ1n) is 26.4. The van der Waals surface area contributed by atoms with Gasteiger partial charge >= 0.3 is 17.9 Å². The van der Waals surface area contributed by atoms with Gasteiger partial charge in [0.25, 0.3) is 0 Å². The summed E-state index contributed by atoms with van der Waals surface area (Å²) in [7, 11) is 0. The predicted molar refractivity (Wildman–Crippen MR) is 316 cm³/mol. The lowest BCUT2D eigenvalue weighted by Gasteiger charge is -2.12. The summed E-state index contributed by atoms with van der Waals surface area (Å²) < 4.78 is 0. The van der Waals surface area contributed by atoms with Crippen molar-refractivity contribution < 1.29 is 29.7 Å². The largest absolute Gasteiger partial charge is 0.481 e. The van der Waals surface area contributed by atoms with Crippen LogP contribution in [0.25, 0.3) is 115 Å². The maximum Gasteiger partial charge on any atom is 0.303 e. The van der Waals surface area contributed by atoms with E-state index >= 15 is 0 Å². The van der Waals surface area contributed by atoms with Gasteiger partial charge in [0.1, 0.15) is 0 Å². The molecule has 0 saturated heterocycles. The first kappa shape index (κ1) is 49.9. The zero-order valence-corrected chi connectivity index (χ0v) is 42.1. The van der Waals surface area contributed by atoms with Crippen molar-refractivity contribution in [2.24, 2.45) is 0 Å². The molecule has 0 amide bonds. The smallest absolute Gasteiger partial charge is 0.303 e. The minimum absolute atomic E-state index is 0.257. The molecule has 0 aliphatic heterocycles. The Balaban J connectivity index is 0.000000128. The highest BCUT2D eigenvalue weighted by atomic mass is 16.4. The standard InChI is InChI=1S/3C23H20O2/c3*24-21(25)9-4-2-1-3-6-16-10-11-19-13-12-17-7-5-8-18-14-15-20(16)23(19)22(17)18/h3*3,5-8,10-15H,1-2,4,9H2,(H,24,25)/b3*6-3+. The molecule has 0 saturated carbocycles. The van der Waals surface area contributed by atoms with Crippen LogP contribution in [0.1, 0.15) is 93.7 Å². The summed E-state index contributed by atoms with van der Waals surface area (Å²) in [4.78, 5) is 31.6. The number of hydrogen-bond donors (Lipinski definition) is 3. The summed E-state index contributed by atoms with van der Waals surface area (Å²) in [6.07, 6.45) is 21.4. The summed E-state index contributed by atoms with van der Waals surface area (Å²) in [5.41, 5.74) is 3.68. The van der Waals surface area contributed by atoms with E-state index in [0.29, 0.717) is 0 Å². The van der Waals surface area contributed by atoms with Crippen LogP contribution in [0.3, 0.4) is 0 Å². The molecule has 372 valence electrons. The van der Waals surface area contributed by atoms with E-state index < -0.39 is 17.9 Å². The Bertz CT molecular complexity index is 3600. The topological polar surface area (TPSA) is 112 Å². The molecule has 0 aliphatic rings. The van der Waals surface area contributed by atoms with Gasteiger partial charge in [0.2, 0.25) is 0 Å². The van der Waals surface area contributed by atoms with Crippen LogP contribution in [0.4, 0.5) is 0 Å². The van der Waals surface area contributed by atoms with E-state index in [-0.39, 0.29) is 19.3 Å². The molecule has 0 spiro atoms. The highest BCUT2D eigenvalue weighted by molar-refractivity contribution is 6.26. The van der Waals surface area contributed by atoms with Crippen molar-refractivity contribution in [3.63, 3.8) is 0 Å². The van der Waals surface area contributed by atoms with Crippen molar-refractivity contribution in [1.82, 2.24) is 0 Å². The van der Waals surface area contributed by atoms with Crippen molar-refractivity contribution in [3.8, 4) is 0 Å². The van der Waals surface area contributed by atoms with Crippen molar-refractivity contribution in [3.05, 3.63) is 199 Å². The third-order valence-electron chi connectivity index (χ3n) is 14.6. The van der Waals surface area contributed by atoms with Gasteiger partial charge in [-0.2, -0.15) is 0 Å². The van der Waals surface area contributed by atoms with Gasteiger partial charge in [-0.25, -0.2) is 0 Å². The predicted octanol–water partition coefficient (Wildman–Crippen LogP) is 18.7. The molecule has 0 fully saturated rings. The van der Waals surface area contributed by atoms with Gasteiger partial charge in [0.05, 0.1) is 0 Å². The zero-order chi connectivity index (χ0) is 51.7. The number of carboxylic acid groups (broad SMARTS) is 3. The van der Waals surface area contributed by atoms with E-state index in [9.17, 15) is 14.4 Å². The van der Waals surface area contributed by atoms with Crippen molar-refractivity contribution >= 4 is 133 Å². The van der Waals surface area contributed by atoms with Crippen LogP contribution in [0.15, 0.2) is 182 Å². The van der Waals surface area contributed by atoms with Crippen molar-refractivity contribution in [2.75, 3.05) is 0 Å². The fourth-order valence-electron chi connectivity index (χ4n) is 11.0. The highest BCUT2D eigenvalue weighted by Crippen LogP contribution is 2.39. The number of carboxylic acids is 3. The number of aliphatic carboxylic acids is 3. The molecule has 0 bridgehead atoms. The van der Waals surface area contributed by atoms with Crippen LogP contribution in [0.2, 0.25) is 0 Å². The molecule has 0 aliphatic carbocycles. The molecular formula is C69H60O6. The number of rotatable bonds is 18. The molecule has 0 radical (unpaired) electrons. The molecule has 0 aromatic heterocycles. The van der Waals surface area contributed by atoms with E-state index in [1.807, 2.05) is 0 Å². The lowest BCUT2D eigenvalue weighted by Crippen LogP contribution is -1.92. The lowest BCUT2D eigenvalue weighted by molar-refractivity contribution is -0.138. The summed E-state index contributed by atoms with van der Waals surface area (Å²) >= 11 is 0. The van der Waals surface area contributed by atoms with Gasteiger partial charge in [0, 0.05) is 19.3 Å². The van der Waals surface area contributed by atoms with Gasteiger partial charge in [-0.05, 0) is 171 Å². The highest BCUT2D eigenvalue weighted by Gasteiger charge is 2.13. The van der Waals surface area contributed by atoms with Crippen LogP contribution in [0.5, 0.6) is 0 Å². The molecule has 75 heavy (non-hydrogen) atoms. The first-order chi connectivity index (χ1) is 36.7. The van der Waals surface area contributed by atoms with Gasteiger partial charge in [-0.3, -0.25) is 14.4 Å². The van der Waals surface area contributed by atoms with E-state index in [4.69, 9.17) is 15.3 Å². The maximum atomic E-state index is 10.5.